The van der Waals surface area contributed by atoms with Gasteiger partial charge in [0.2, 0.25) is 0 Å². The van der Waals surface area contributed by atoms with Gasteiger partial charge in [-0.3, -0.25) is 4.79 Å². The first-order valence-corrected chi connectivity index (χ1v) is 8.75. The Morgan fingerprint density at radius 3 is 2.72 bits per heavy atom. The average Bonchev–Trinajstić information content (AvgIpc) is 3.07. The van der Waals surface area contributed by atoms with Gasteiger partial charge in [-0.15, -0.1) is 0 Å². The lowest BCUT2D eigenvalue weighted by Crippen LogP contribution is -2.22. The van der Waals surface area contributed by atoms with E-state index in [1.165, 1.54) is 0 Å². The molecule has 128 valence electrons. The van der Waals surface area contributed by atoms with Crippen LogP contribution in [0, 0.1) is 0 Å². The van der Waals surface area contributed by atoms with Crippen LogP contribution in [0.15, 0.2) is 65.4 Å². The fraction of sp³-hybridized carbons (Fsp3) is 0.158. The predicted molar refractivity (Wildman–Crippen MR) is 100 cm³/mol. The summed E-state index contributed by atoms with van der Waals surface area (Å²) >= 11 is 3.37. The molecule has 0 aliphatic heterocycles. The molecule has 3 aromatic rings. The molecule has 0 aliphatic rings. The number of nitrogens with one attached hydrogen (secondary N) is 1. The third-order valence-corrected chi connectivity index (χ3v) is 4.02. The van der Waals surface area contributed by atoms with Crippen LogP contribution in [0.5, 0.6) is 5.75 Å². The summed E-state index contributed by atoms with van der Waals surface area (Å²) in [5.74, 6) is 0.694. The molecule has 6 heteroatoms. The van der Waals surface area contributed by atoms with E-state index in [-0.39, 0.29) is 5.91 Å². The van der Waals surface area contributed by atoms with E-state index in [4.69, 9.17) is 4.74 Å². The number of rotatable bonds is 6. The van der Waals surface area contributed by atoms with Crippen molar-refractivity contribution in [2.24, 2.45) is 0 Å². The summed E-state index contributed by atoms with van der Waals surface area (Å²) in [6.07, 6.45) is 3.58. The average molecular weight is 400 g/mol. The Morgan fingerprint density at radius 2 is 2.04 bits per heavy atom. The molecule has 0 atom stereocenters. The van der Waals surface area contributed by atoms with Crippen LogP contribution < -0.4 is 10.1 Å². The van der Waals surface area contributed by atoms with Crippen LogP contribution in [0.1, 0.15) is 22.8 Å². The first kappa shape index (κ1) is 17.2. The quantitative estimate of drug-likeness (QED) is 0.682. The monoisotopic (exact) mass is 399 g/mol. The molecular weight excluding hydrogens is 382 g/mol. The van der Waals surface area contributed by atoms with Crippen molar-refractivity contribution in [2.75, 3.05) is 6.61 Å². The van der Waals surface area contributed by atoms with Gasteiger partial charge in [-0.05, 0) is 64.8 Å². The van der Waals surface area contributed by atoms with Crippen molar-refractivity contribution in [3.05, 3.63) is 76.5 Å². The fourth-order valence-electron chi connectivity index (χ4n) is 2.40. The number of carbonyl (C=O) groups is 1. The Bertz CT molecular complexity index is 859. The minimum absolute atomic E-state index is 0.116. The van der Waals surface area contributed by atoms with Crippen molar-refractivity contribution >= 4 is 21.8 Å². The van der Waals surface area contributed by atoms with Crippen LogP contribution in [0.3, 0.4) is 0 Å². The number of nitrogens with zero attached hydrogens (tertiary/aromatic N) is 2. The molecule has 2 aromatic carbocycles. The van der Waals surface area contributed by atoms with Gasteiger partial charge >= 0.3 is 0 Å². The fourth-order valence-corrected chi connectivity index (χ4v) is 2.69. The SMILES string of the molecule is CCOc1cccc(CNC(=O)c2ccc(-n3cc(Br)cn3)cc2)c1. The van der Waals surface area contributed by atoms with Crippen molar-refractivity contribution in [1.29, 1.82) is 0 Å². The van der Waals surface area contributed by atoms with Crippen molar-refractivity contribution in [3.63, 3.8) is 0 Å². The van der Waals surface area contributed by atoms with Crippen LogP contribution >= 0.6 is 15.9 Å². The second-order valence-corrected chi connectivity index (χ2v) is 6.33. The maximum Gasteiger partial charge on any atom is 0.251 e. The van der Waals surface area contributed by atoms with Gasteiger partial charge in [-0.25, -0.2) is 4.68 Å². The smallest absolute Gasteiger partial charge is 0.251 e. The lowest BCUT2D eigenvalue weighted by atomic mass is 10.1. The third-order valence-electron chi connectivity index (χ3n) is 3.61. The molecule has 0 saturated heterocycles. The molecule has 3 rings (SSSR count). The highest BCUT2D eigenvalue weighted by Gasteiger charge is 2.07. The van der Waals surface area contributed by atoms with Gasteiger partial charge in [0.1, 0.15) is 5.75 Å². The molecule has 0 fully saturated rings. The van der Waals surface area contributed by atoms with Gasteiger partial charge in [-0.1, -0.05) is 12.1 Å². The third kappa shape index (κ3) is 4.48. The zero-order valence-electron chi connectivity index (χ0n) is 13.8. The highest BCUT2D eigenvalue weighted by Crippen LogP contribution is 2.15. The van der Waals surface area contributed by atoms with Gasteiger partial charge in [0.15, 0.2) is 0 Å². The topological polar surface area (TPSA) is 56.1 Å². The zero-order chi connectivity index (χ0) is 17.6. The number of amides is 1. The summed E-state index contributed by atoms with van der Waals surface area (Å²) in [5.41, 5.74) is 2.50. The van der Waals surface area contributed by atoms with Gasteiger partial charge in [0.25, 0.3) is 5.91 Å². The normalized spacial score (nSPS) is 10.5. The molecule has 0 unspecified atom stereocenters. The minimum Gasteiger partial charge on any atom is -0.494 e. The minimum atomic E-state index is -0.116. The van der Waals surface area contributed by atoms with Crippen LogP contribution in [0.2, 0.25) is 0 Å². The Kier molecular flexibility index (Phi) is 5.50. The van der Waals surface area contributed by atoms with Crippen LogP contribution in [-0.2, 0) is 6.54 Å². The van der Waals surface area contributed by atoms with E-state index in [1.54, 1.807) is 23.0 Å². The molecular formula is C19H18BrN3O2. The summed E-state index contributed by atoms with van der Waals surface area (Å²) in [5, 5.41) is 7.14. The van der Waals surface area contributed by atoms with Crippen LogP contribution in [0.4, 0.5) is 0 Å². The molecule has 1 amide bonds. The van der Waals surface area contributed by atoms with Crippen molar-refractivity contribution < 1.29 is 9.53 Å². The van der Waals surface area contributed by atoms with Gasteiger partial charge < -0.3 is 10.1 Å². The number of hydrogen-bond acceptors (Lipinski definition) is 3. The Labute approximate surface area is 154 Å². The maximum atomic E-state index is 12.3. The van der Waals surface area contributed by atoms with Crippen molar-refractivity contribution in [1.82, 2.24) is 15.1 Å². The molecule has 5 nitrogen and oxygen atoms in total. The summed E-state index contributed by atoms with van der Waals surface area (Å²) in [4.78, 5) is 12.3. The van der Waals surface area contributed by atoms with E-state index >= 15 is 0 Å². The molecule has 1 heterocycles. The number of carbonyl (C=O) groups excluding carboxylic acids is 1. The zero-order valence-corrected chi connectivity index (χ0v) is 15.4. The lowest BCUT2D eigenvalue weighted by molar-refractivity contribution is 0.0951. The maximum absolute atomic E-state index is 12.3. The molecule has 0 aliphatic carbocycles. The summed E-state index contributed by atoms with van der Waals surface area (Å²) < 4.78 is 8.12. The first-order chi connectivity index (χ1) is 12.2. The number of halogens is 1. The highest BCUT2D eigenvalue weighted by molar-refractivity contribution is 9.10. The second-order valence-electron chi connectivity index (χ2n) is 5.41. The summed E-state index contributed by atoms with van der Waals surface area (Å²) in [7, 11) is 0. The largest absolute Gasteiger partial charge is 0.494 e. The molecule has 1 N–H and O–H groups in total. The Balaban J connectivity index is 1.62. The Morgan fingerprint density at radius 1 is 1.24 bits per heavy atom. The van der Waals surface area contributed by atoms with Crippen LogP contribution in [0.25, 0.3) is 5.69 Å². The van der Waals surface area contributed by atoms with E-state index in [2.05, 4.69) is 26.3 Å². The standard InChI is InChI=1S/C19H18BrN3O2/c1-2-25-18-5-3-4-14(10-18)11-21-19(24)15-6-8-17(9-7-15)23-13-16(20)12-22-23/h3-10,12-13H,2,11H2,1H3,(H,21,24). The number of aromatic nitrogens is 2. The highest BCUT2D eigenvalue weighted by atomic mass is 79.9. The van der Waals surface area contributed by atoms with Crippen molar-refractivity contribution in [2.45, 2.75) is 13.5 Å². The predicted octanol–water partition coefficient (Wildman–Crippen LogP) is 3.96. The summed E-state index contributed by atoms with van der Waals surface area (Å²) in [6, 6.07) is 15.0. The molecule has 0 radical (unpaired) electrons. The number of hydrogen-bond donors (Lipinski definition) is 1. The lowest BCUT2D eigenvalue weighted by Gasteiger charge is -2.08. The molecule has 1 aromatic heterocycles. The first-order valence-electron chi connectivity index (χ1n) is 7.96. The summed E-state index contributed by atoms with van der Waals surface area (Å²) in [6.45, 7) is 3.02. The van der Waals surface area contributed by atoms with E-state index in [0.717, 1.165) is 21.5 Å². The Hall–Kier alpha value is -2.60. The van der Waals surface area contributed by atoms with Crippen molar-refractivity contribution in [3.8, 4) is 11.4 Å². The van der Waals surface area contributed by atoms with Gasteiger partial charge in [0, 0.05) is 18.3 Å². The molecule has 25 heavy (non-hydrogen) atoms. The number of ether oxygens (including phenoxy) is 1. The molecule has 0 spiro atoms. The van der Waals surface area contributed by atoms with E-state index < -0.39 is 0 Å². The second kappa shape index (κ2) is 7.98. The van der Waals surface area contributed by atoms with E-state index in [9.17, 15) is 4.79 Å². The number of benzene rings is 2. The van der Waals surface area contributed by atoms with Gasteiger partial charge in [0.05, 0.1) is 23.0 Å². The van der Waals surface area contributed by atoms with E-state index in [1.807, 2.05) is 49.5 Å². The van der Waals surface area contributed by atoms with Crippen LogP contribution in [-0.4, -0.2) is 22.3 Å². The van der Waals surface area contributed by atoms with E-state index in [0.29, 0.717) is 18.7 Å². The molecule has 0 saturated carbocycles. The van der Waals surface area contributed by atoms with Gasteiger partial charge in [-0.2, -0.15) is 5.10 Å². The molecule has 0 bridgehead atoms.